The Kier molecular flexibility index (Phi) is 6.17. The van der Waals surface area contributed by atoms with E-state index in [0.29, 0.717) is 5.56 Å². The van der Waals surface area contributed by atoms with E-state index < -0.39 is 41.5 Å². The zero-order valence-corrected chi connectivity index (χ0v) is 13.8. The quantitative estimate of drug-likeness (QED) is 0.666. The molecule has 0 radical (unpaired) electrons. The number of hydrogen-bond acceptors (Lipinski definition) is 3. The highest BCUT2D eigenvalue weighted by Crippen LogP contribution is 2.30. The van der Waals surface area contributed by atoms with Crippen LogP contribution in [0.2, 0.25) is 0 Å². The smallest absolute Gasteiger partial charge is 0.378 e. The molecular weight excluding hydrogens is 368 g/mol. The SMILES string of the molecule is NC(=O)[C@@H](Cc1cccc(F)c1)NC(=O)[C@@H](O)c1ccc(C(F)(F)F)cc1. The summed E-state index contributed by atoms with van der Waals surface area (Å²) >= 11 is 0. The second kappa shape index (κ2) is 8.17. The van der Waals surface area contributed by atoms with Crippen molar-refractivity contribution in [3.8, 4) is 0 Å². The minimum atomic E-state index is -4.55. The van der Waals surface area contributed by atoms with Crippen molar-refractivity contribution in [2.45, 2.75) is 24.7 Å². The number of aliphatic hydroxyl groups is 1. The first kappa shape index (κ1) is 20.4. The maximum absolute atomic E-state index is 13.2. The summed E-state index contributed by atoms with van der Waals surface area (Å²) in [5.74, 6) is -2.46. The molecule has 0 aliphatic carbocycles. The third kappa shape index (κ3) is 5.52. The normalized spacial score (nSPS) is 13.7. The highest BCUT2D eigenvalue weighted by molar-refractivity contribution is 5.89. The molecule has 144 valence electrons. The van der Waals surface area contributed by atoms with Gasteiger partial charge in [0.25, 0.3) is 5.91 Å². The van der Waals surface area contributed by atoms with Crippen LogP contribution in [0.25, 0.3) is 0 Å². The molecule has 0 unspecified atom stereocenters. The average Bonchev–Trinajstić information content (AvgIpc) is 2.59. The van der Waals surface area contributed by atoms with Gasteiger partial charge < -0.3 is 16.2 Å². The maximum Gasteiger partial charge on any atom is 0.416 e. The van der Waals surface area contributed by atoms with E-state index in [1.807, 2.05) is 0 Å². The third-order valence-electron chi connectivity index (χ3n) is 3.79. The van der Waals surface area contributed by atoms with E-state index in [2.05, 4.69) is 5.32 Å². The molecule has 2 rings (SSSR count). The molecule has 0 heterocycles. The fourth-order valence-electron chi connectivity index (χ4n) is 2.38. The second-order valence-corrected chi connectivity index (χ2v) is 5.82. The Morgan fingerprint density at radius 1 is 1.11 bits per heavy atom. The number of carbonyl (C=O) groups excluding carboxylic acids is 2. The molecule has 0 aliphatic rings. The number of halogens is 4. The fourth-order valence-corrected chi connectivity index (χ4v) is 2.38. The van der Waals surface area contributed by atoms with Crippen LogP contribution in [0.4, 0.5) is 17.6 Å². The molecular formula is C18H16F4N2O3. The van der Waals surface area contributed by atoms with Crippen molar-refractivity contribution in [2.24, 2.45) is 5.73 Å². The molecule has 5 nitrogen and oxygen atoms in total. The number of nitrogens with one attached hydrogen (secondary N) is 1. The van der Waals surface area contributed by atoms with Crippen LogP contribution in [0, 0.1) is 5.82 Å². The van der Waals surface area contributed by atoms with Crippen LogP contribution in [0.15, 0.2) is 48.5 Å². The first-order valence-corrected chi connectivity index (χ1v) is 7.77. The van der Waals surface area contributed by atoms with Gasteiger partial charge in [-0.25, -0.2) is 4.39 Å². The fraction of sp³-hybridized carbons (Fsp3) is 0.222. The summed E-state index contributed by atoms with van der Waals surface area (Å²) in [7, 11) is 0. The largest absolute Gasteiger partial charge is 0.416 e. The summed E-state index contributed by atoms with van der Waals surface area (Å²) < 4.78 is 50.9. The minimum Gasteiger partial charge on any atom is -0.378 e. The van der Waals surface area contributed by atoms with Gasteiger partial charge in [0.1, 0.15) is 11.9 Å². The molecule has 0 aliphatic heterocycles. The van der Waals surface area contributed by atoms with Crippen molar-refractivity contribution in [1.29, 1.82) is 0 Å². The summed E-state index contributed by atoms with van der Waals surface area (Å²) in [6, 6.07) is 7.44. The van der Waals surface area contributed by atoms with Crippen LogP contribution in [-0.4, -0.2) is 23.0 Å². The number of amides is 2. The van der Waals surface area contributed by atoms with Crippen LogP contribution in [-0.2, 0) is 22.2 Å². The average molecular weight is 384 g/mol. The zero-order valence-electron chi connectivity index (χ0n) is 13.8. The van der Waals surface area contributed by atoms with Crippen molar-refractivity contribution in [2.75, 3.05) is 0 Å². The molecule has 2 amide bonds. The number of nitrogens with two attached hydrogens (primary N) is 1. The van der Waals surface area contributed by atoms with Gasteiger partial charge in [-0.2, -0.15) is 13.2 Å². The number of primary amides is 1. The molecule has 0 aromatic heterocycles. The third-order valence-corrected chi connectivity index (χ3v) is 3.79. The summed E-state index contributed by atoms with van der Waals surface area (Å²) in [5, 5.41) is 12.2. The maximum atomic E-state index is 13.2. The summed E-state index contributed by atoms with van der Waals surface area (Å²) in [4.78, 5) is 23.7. The second-order valence-electron chi connectivity index (χ2n) is 5.82. The predicted molar refractivity (Wildman–Crippen MR) is 87.6 cm³/mol. The first-order chi connectivity index (χ1) is 12.6. The predicted octanol–water partition coefficient (Wildman–Crippen LogP) is 2.09. The lowest BCUT2D eigenvalue weighted by molar-refractivity contribution is -0.137. The summed E-state index contributed by atoms with van der Waals surface area (Å²) in [6.07, 6.45) is -6.46. The van der Waals surface area contributed by atoms with E-state index >= 15 is 0 Å². The number of carbonyl (C=O) groups is 2. The number of hydrogen-bond donors (Lipinski definition) is 3. The number of alkyl halides is 3. The molecule has 0 saturated heterocycles. The Hall–Kier alpha value is -2.94. The van der Waals surface area contributed by atoms with E-state index in [4.69, 9.17) is 5.73 Å². The Morgan fingerprint density at radius 3 is 2.26 bits per heavy atom. The van der Waals surface area contributed by atoms with Crippen LogP contribution in [0.1, 0.15) is 22.8 Å². The molecule has 0 saturated carbocycles. The Balaban J connectivity index is 2.09. The van der Waals surface area contributed by atoms with Crippen molar-refractivity contribution in [1.82, 2.24) is 5.32 Å². The number of rotatable bonds is 6. The van der Waals surface area contributed by atoms with Gasteiger partial charge in [-0.1, -0.05) is 24.3 Å². The highest BCUT2D eigenvalue weighted by Gasteiger charge is 2.31. The van der Waals surface area contributed by atoms with Crippen molar-refractivity contribution in [3.05, 3.63) is 71.0 Å². The Bertz CT molecular complexity index is 822. The van der Waals surface area contributed by atoms with E-state index in [9.17, 15) is 32.3 Å². The van der Waals surface area contributed by atoms with Crippen LogP contribution in [0.5, 0.6) is 0 Å². The minimum absolute atomic E-state index is 0.0884. The standard InChI is InChI=1S/C18H16F4N2O3/c19-13-3-1-2-10(8-13)9-14(16(23)26)24-17(27)15(25)11-4-6-12(7-5-11)18(20,21)22/h1-8,14-15,25H,9H2,(H2,23,26)(H,24,27)/t14-,15+/m1/s1. The van der Waals surface area contributed by atoms with Crippen molar-refractivity contribution >= 4 is 11.8 Å². The Morgan fingerprint density at radius 2 is 1.74 bits per heavy atom. The number of aliphatic hydroxyl groups excluding tert-OH is 1. The molecule has 0 spiro atoms. The molecule has 0 bridgehead atoms. The van der Waals surface area contributed by atoms with Gasteiger partial charge in [-0.05, 0) is 35.4 Å². The molecule has 2 aromatic carbocycles. The monoisotopic (exact) mass is 384 g/mol. The van der Waals surface area contributed by atoms with Gasteiger partial charge >= 0.3 is 6.18 Å². The molecule has 0 fully saturated rings. The van der Waals surface area contributed by atoms with Gasteiger partial charge in [0.2, 0.25) is 5.91 Å². The zero-order chi connectivity index (χ0) is 20.2. The van der Waals surface area contributed by atoms with E-state index in [1.165, 1.54) is 18.2 Å². The summed E-state index contributed by atoms with van der Waals surface area (Å²) in [5.41, 5.74) is 4.60. The van der Waals surface area contributed by atoms with Crippen molar-refractivity contribution in [3.63, 3.8) is 0 Å². The van der Waals surface area contributed by atoms with E-state index in [0.717, 1.165) is 30.3 Å². The van der Waals surface area contributed by atoms with Crippen molar-refractivity contribution < 1.29 is 32.3 Å². The highest BCUT2D eigenvalue weighted by atomic mass is 19.4. The Labute approximate surface area is 151 Å². The van der Waals surface area contributed by atoms with Gasteiger partial charge in [-0.15, -0.1) is 0 Å². The van der Waals surface area contributed by atoms with Crippen LogP contribution in [0.3, 0.4) is 0 Å². The topological polar surface area (TPSA) is 92.4 Å². The van der Waals surface area contributed by atoms with Crippen LogP contribution < -0.4 is 11.1 Å². The van der Waals surface area contributed by atoms with E-state index in [1.54, 1.807) is 0 Å². The van der Waals surface area contributed by atoms with Gasteiger partial charge in [-0.3, -0.25) is 9.59 Å². The van der Waals surface area contributed by atoms with Gasteiger partial charge in [0.05, 0.1) is 5.56 Å². The van der Waals surface area contributed by atoms with Gasteiger partial charge in [0, 0.05) is 6.42 Å². The molecule has 2 atom stereocenters. The molecule has 27 heavy (non-hydrogen) atoms. The van der Waals surface area contributed by atoms with Gasteiger partial charge in [0.15, 0.2) is 6.10 Å². The molecule has 4 N–H and O–H groups in total. The lowest BCUT2D eigenvalue weighted by Gasteiger charge is -2.18. The van der Waals surface area contributed by atoms with Crippen LogP contribution >= 0.6 is 0 Å². The molecule has 9 heteroatoms. The lowest BCUT2D eigenvalue weighted by Crippen LogP contribution is -2.47. The lowest BCUT2D eigenvalue weighted by atomic mass is 10.0. The number of benzene rings is 2. The molecule has 2 aromatic rings. The van der Waals surface area contributed by atoms with E-state index in [-0.39, 0.29) is 12.0 Å². The summed E-state index contributed by atoms with van der Waals surface area (Å²) in [6.45, 7) is 0. The first-order valence-electron chi connectivity index (χ1n) is 7.77.